The molecule has 1 heterocycles. The van der Waals surface area contributed by atoms with Crippen molar-refractivity contribution in [3.05, 3.63) is 41.1 Å². The Morgan fingerprint density at radius 3 is 2.52 bits per heavy atom. The maximum atomic E-state index is 12.3. The van der Waals surface area contributed by atoms with Gasteiger partial charge in [-0.15, -0.1) is 0 Å². The van der Waals surface area contributed by atoms with E-state index in [2.05, 4.69) is 51.3 Å². The van der Waals surface area contributed by atoms with Crippen LogP contribution in [0.3, 0.4) is 0 Å². The summed E-state index contributed by atoms with van der Waals surface area (Å²) in [5.41, 5.74) is 4.19. The normalized spacial score (nSPS) is 11.8. The predicted molar refractivity (Wildman–Crippen MR) is 104 cm³/mol. The molecular formula is C20H30N4O. The zero-order valence-corrected chi connectivity index (χ0v) is 16.4. The van der Waals surface area contributed by atoms with Gasteiger partial charge in [0.05, 0.1) is 17.9 Å². The van der Waals surface area contributed by atoms with E-state index in [-0.39, 0.29) is 23.9 Å². The number of rotatable bonds is 5. The molecule has 2 N–H and O–H groups in total. The molecule has 0 spiro atoms. The summed E-state index contributed by atoms with van der Waals surface area (Å²) in [6.07, 6.45) is 0. The molecule has 0 saturated carbocycles. The van der Waals surface area contributed by atoms with Gasteiger partial charge in [-0.25, -0.2) is 4.68 Å². The highest BCUT2D eigenvalue weighted by atomic mass is 16.2. The number of carbonyl (C=O) groups is 1. The number of nitrogens with zero attached hydrogens (tertiary/aromatic N) is 2. The molecule has 0 aliphatic rings. The second-order valence-electron chi connectivity index (χ2n) is 7.88. The average Bonchev–Trinajstić information content (AvgIpc) is 2.92. The number of anilines is 1. The first-order valence-electron chi connectivity index (χ1n) is 8.80. The predicted octanol–water partition coefficient (Wildman–Crippen LogP) is 3.72. The average molecular weight is 342 g/mol. The van der Waals surface area contributed by atoms with Gasteiger partial charge in [0, 0.05) is 17.5 Å². The first kappa shape index (κ1) is 19.2. The van der Waals surface area contributed by atoms with Gasteiger partial charge < -0.3 is 10.6 Å². The third-order valence-corrected chi connectivity index (χ3v) is 4.22. The number of nitrogens with one attached hydrogen (secondary N) is 2. The minimum absolute atomic E-state index is 0.0689. The lowest BCUT2D eigenvalue weighted by atomic mass is 9.92. The van der Waals surface area contributed by atoms with Gasteiger partial charge in [-0.1, -0.05) is 46.8 Å². The van der Waals surface area contributed by atoms with Gasteiger partial charge in [-0.2, -0.15) is 5.10 Å². The highest BCUT2D eigenvalue weighted by Gasteiger charge is 2.22. The van der Waals surface area contributed by atoms with Crippen LogP contribution in [0.2, 0.25) is 0 Å². The summed E-state index contributed by atoms with van der Waals surface area (Å²) < 4.78 is 1.84. The molecule has 2 aromatic rings. The number of hydrogen-bond acceptors (Lipinski definition) is 3. The van der Waals surface area contributed by atoms with Crippen LogP contribution in [-0.4, -0.2) is 28.3 Å². The summed E-state index contributed by atoms with van der Waals surface area (Å²) in [6, 6.07) is 8.36. The molecule has 0 aliphatic heterocycles. The fourth-order valence-corrected chi connectivity index (χ4v) is 2.47. The second kappa shape index (κ2) is 7.40. The van der Waals surface area contributed by atoms with E-state index in [0.717, 1.165) is 16.9 Å². The molecule has 0 fully saturated rings. The molecule has 136 valence electrons. The molecule has 5 heteroatoms. The first-order valence-corrected chi connectivity index (χ1v) is 8.80. The summed E-state index contributed by atoms with van der Waals surface area (Å²) in [5.74, 6) is 0.634. The van der Waals surface area contributed by atoms with Crippen LogP contribution < -0.4 is 10.6 Å². The van der Waals surface area contributed by atoms with E-state index in [1.54, 1.807) is 0 Å². The summed E-state index contributed by atoms with van der Waals surface area (Å²) in [5, 5.41) is 10.9. The van der Waals surface area contributed by atoms with Crippen LogP contribution in [0.4, 0.5) is 5.82 Å². The molecule has 1 aromatic heterocycles. The van der Waals surface area contributed by atoms with Gasteiger partial charge in [0.2, 0.25) is 5.91 Å². The molecule has 0 bridgehead atoms. The molecule has 25 heavy (non-hydrogen) atoms. The molecule has 0 aliphatic carbocycles. The van der Waals surface area contributed by atoms with Crippen LogP contribution in [0, 0.1) is 13.8 Å². The number of aryl methyl sites for hydroxylation is 1. The minimum Gasteiger partial charge on any atom is -0.309 e. The number of aromatic nitrogens is 2. The van der Waals surface area contributed by atoms with E-state index >= 15 is 0 Å². The molecule has 1 aromatic carbocycles. The quantitative estimate of drug-likeness (QED) is 0.870. The van der Waals surface area contributed by atoms with Crippen molar-refractivity contribution in [3.8, 4) is 5.69 Å². The SMILES string of the molecule is Cc1cccc(-n2nc(C(C)(C)C)cc2NC(=O)CNC(C)C)c1C. The van der Waals surface area contributed by atoms with Crippen LogP contribution in [0.15, 0.2) is 24.3 Å². The molecule has 0 saturated heterocycles. The third-order valence-electron chi connectivity index (χ3n) is 4.22. The van der Waals surface area contributed by atoms with Crippen molar-refractivity contribution in [2.24, 2.45) is 0 Å². The smallest absolute Gasteiger partial charge is 0.239 e. The Balaban J connectivity index is 2.42. The van der Waals surface area contributed by atoms with Crippen LogP contribution >= 0.6 is 0 Å². The fourth-order valence-electron chi connectivity index (χ4n) is 2.47. The topological polar surface area (TPSA) is 59.0 Å². The van der Waals surface area contributed by atoms with Crippen molar-refractivity contribution in [1.29, 1.82) is 0 Å². The van der Waals surface area contributed by atoms with Crippen molar-refractivity contribution < 1.29 is 4.79 Å². The van der Waals surface area contributed by atoms with E-state index in [9.17, 15) is 4.79 Å². The van der Waals surface area contributed by atoms with Gasteiger partial charge in [-0.3, -0.25) is 4.79 Å². The summed E-state index contributed by atoms with van der Waals surface area (Å²) >= 11 is 0. The molecule has 0 unspecified atom stereocenters. The highest BCUT2D eigenvalue weighted by Crippen LogP contribution is 2.28. The molecule has 5 nitrogen and oxygen atoms in total. The molecule has 1 amide bonds. The summed E-state index contributed by atoms with van der Waals surface area (Å²) in [7, 11) is 0. The number of amides is 1. The molecule has 2 rings (SSSR count). The Labute approximate surface area is 150 Å². The zero-order chi connectivity index (χ0) is 18.8. The Morgan fingerprint density at radius 1 is 1.24 bits per heavy atom. The van der Waals surface area contributed by atoms with E-state index in [4.69, 9.17) is 5.10 Å². The lowest BCUT2D eigenvalue weighted by molar-refractivity contribution is -0.115. The van der Waals surface area contributed by atoms with Gasteiger partial charge in [0.15, 0.2) is 0 Å². The van der Waals surface area contributed by atoms with Crippen LogP contribution in [0.5, 0.6) is 0 Å². The monoisotopic (exact) mass is 342 g/mol. The highest BCUT2D eigenvalue weighted by molar-refractivity contribution is 5.91. The zero-order valence-electron chi connectivity index (χ0n) is 16.4. The van der Waals surface area contributed by atoms with Crippen molar-refractivity contribution in [2.45, 2.75) is 59.9 Å². The standard InChI is InChI=1S/C20H30N4O/c1-13(2)21-12-19(25)22-18-11-17(20(5,6)7)23-24(18)16-10-8-9-14(3)15(16)4/h8-11,13,21H,12H2,1-7H3,(H,22,25). The third kappa shape index (κ3) is 4.69. The fraction of sp³-hybridized carbons (Fsp3) is 0.500. The first-order chi connectivity index (χ1) is 11.6. The maximum Gasteiger partial charge on any atom is 0.239 e. The molecular weight excluding hydrogens is 312 g/mol. The van der Waals surface area contributed by atoms with Crippen LogP contribution in [-0.2, 0) is 10.2 Å². The molecule has 0 atom stereocenters. The summed E-state index contributed by atoms with van der Waals surface area (Å²) in [6.45, 7) is 14.8. The van der Waals surface area contributed by atoms with Crippen molar-refractivity contribution in [3.63, 3.8) is 0 Å². The van der Waals surface area contributed by atoms with E-state index in [1.807, 2.05) is 36.7 Å². The van der Waals surface area contributed by atoms with Crippen LogP contribution in [0.25, 0.3) is 5.69 Å². The Morgan fingerprint density at radius 2 is 1.92 bits per heavy atom. The number of hydrogen-bond donors (Lipinski definition) is 2. The number of benzene rings is 1. The van der Waals surface area contributed by atoms with E-state index in [1.165, 1.54) is 5.56 Å². The Bertz CT molecular complexity index is 754. The van der Waals surface area contributed by atoms with Crippen molar-refractivity contribution in [1.82, 2.24) is 15.1 Å². The van der Waals surface area contributed by atoms with Gasteiger partial charge in [0.1, 0.15) is 5.82 Å². The largest absolute Gasteiger partial charge is 0.309 e. The number of carbonyl (C=O) groups excluding carboxylic acids is 1. The van der Waals surface area contributed by atoms with Crippen molar-refractivity contribution in [2.75, 3.05) is 11.9 Å². The minimum atomic E-state index is -0.0986. The maximum absolute atomic E-state index is 12.3. The summed E-state index contributed by atoms with van der Waals surface area (Å²) in [4.78, 5) is 12.3. The lowest BCUT2D eigenvalue weighted by Crippen LogP contribution is -2.33. The van der Waals surface area contributed by atoms with Gasteiger partial charge in [0.25, 0.3) is 0 Å². The van der Waals surface area contributed by atoms with Crippen molar-refractivity contribution >= 4 is 11.7 Å². The van der Waals surface area contributed by atoms with E-state index in [0.29, 0.717) is 5.82 Å². The van der Waals surface area contributed by atoms with E-state index < -0.39 is 0 Å². The molecule has 0 radical (unpaired) electrons. The Hall–Kier alpha value is -2.14. The lowest BCUT2D eigenvalue weighted by Gasteiger charge is -2.15. The van der Waals surface area contributed by atoms with Gasteiger partial charge >= 0.3 is 0 Å². The van der Waals surface area contributed by atoms with Crippen LogP contribution in [0.1, 0.15) is 51.4 Å². The van der Waals surface area contributed by atoms with Gasteiger partial charge in [-0.05, 0) is 31.0 Å². The Kier molecular flexibility index (Phi) is 5.68. The second-order valence-corrected chi connectivity index (χ2v) is 7.88.